The van der Waals surface area contributed by atoms with E-state index >= 15 is 0 Å². The molecule has 2 aromatic carbocycles. The number of ether oxygens (including phenoxy) is 1. The van der Waals surface area contributed by atoms with E-state index < -0.39 is 0 Å². The maximum Gasteiger partial charge on any atom is 0.276 e. The molecule has 9 heteroatoms. The van der Waals surface area contributed by atoms with E-state index in [9.17, 15) is 4.79 Å². The fraction of sp³-hybridized carbons (Fsp3) is 0.250. The summed E-state index contributed by atoms with van der Waals surface area (Å²) in [5.41, 5.74) is 2.38. The summed E-state index contributed by atoms with van der Waals surface area (Å²) < 4.78 is 12.8. The Morgan fingerprint density at radius 3 is 2.70 bits per heavy atom. The first kappa shape index (κ1) is 20.9. The quantitative estimate of drug-likeness (QED) is 0.452. The highest BCUT2D eigenvalue weighted by molar-refractivity contribution is 5.92. The molecule has 0 N–H and O–H groups in total. The third-order valence-corrected chi connectivity index (χ3v) is 5.80. The lowest BCUT2D eigenvalue weighted by molar-refractivity contribution is 0.0536. The van der Waals surface area contributed by atoms with Gasteiger partial charge in [-0.15, -0.1) is 0 Å². The summed E-state index contributed by atoms with van der Waals surface area (Å²) in [5.74, 6) is 1.04. The van der Waals surface area contributed by atoms with Crippen LogP contribution < -0.4 is 4.74 Å². The highest BCUT2D eigenvalue weighted by atomic mass is 16.5. The average molecular weight is 444 g/mol. The first-order chi connectivity index (χ1) is 16.2. The zero-order valence-corrected chi connectivity index (χ0v) is 18.2. The van der Waals surface area contributed by atoms with Crippen LogP contribution in [0, 0.1) is 0 Å². The molecule has 2 aromatic heterocycles. The Kier molecular flexibility index (Phi) is 5.86. The molecule has 3 heterocycles. The summed E-state index contributed by atoms with van der Waals surface area (Å²) >= 11 is 0. The van der Waals surface area contributed by atoms with E-state index in [4.69, 9.17) is 9.26 Å². The van der Waals surface area contributed by atoms with Crippen LogP contribution in [0.4, 0.5) is 0 Å². The Balaban J connectivity index is 1.20. The number of piperazine rings is 1. The molecule has 4 aromatic rings. The van der Waals surface area contributed by atoms with Crippen molar-refractivity contribution in [3.63, 3.8) is 0 Å². The minimum Gasteiger partial charge on any atom is -0.486 e. The van der Waals surface area contributed by atoms with Crippen LogP contribution in [-0.4, -0.2) is 62.3 Å². The summed E-state index contributed by atoms with van der Waals surface area (Å²) in [4.78, 5) is 21.1. The van der Waals surface area contributed by atoms with Crippen molar-refractivity contribution in [3.8, 4) is 11.4 Å². The predicted octanol–water partition coefficient (Wildman–Crippen LogP) is 2.96. The van der Waals surface area contributed by atoms with E-state index in [0.29, 0.717) is 30.3 Å². The zero-order valence-electron chi connectivity index (χ0n) is 18.2. The molecule has 5 rings (SSSR count). The van der Waals surface area contributed by atoms with E-state index in [1.54, 1.807) is 17.1 Å². The maximum absolute atomic E-state index is 13.1. The standard InChI is InChI=1S/C24H24N6O3/c1-28-11-12-29(14-23(28)18-5-3-2-4-6-18)24(31)22-13-21(33-27-22)15-32-20-9-7-19(8-10-20)30-17-25-16-26-30/h2-10,13,16-17,23H,11-12,14-15H2,1H3. The topological polar surface area (TPSA) is 89.5 Å². The lowest BCUT2D eigenvalue weighted by Gasteiger charge is -2.39. The van der Waals surface area contributed by atoms with Crippen LogP contribution >= 0.6 is 0 Å². The van der Waals surface area contributed by atoms with E-state index in [1.165, 1.54) is 11.9 Å². The molecule has 1 saturated heterocycles. The number of hydrogen-bond donors (Lipinski definition) is 0. The first-order valence-electron chi connectivity index (χ1n) is 10.8. The molecule has 1 aliphatic rings. The second-order valence-corrected chi connectivity index (χ2v) is 7.96. The monoisotopic (exact) mass is 444 g/mol. The van der Waals surface area contributed by atoms with Crippen LogP contribution in [0.25, 0.3) is 5.69 Å². The molecule has 1 amide bonds. The molecule has 0 aliphatic carbocycles. The largest absolute Gasteiger partial charge is 0.486 e. The van der Waals surface area contributed by atoms with Gasteiger partial charge < -0.3 is 14.2 Å². The summed E-state index contributed by atoms with van der Waals surface area (Å²) in [5, 5.41) is 8.09. The molecule has 33 heavy (non-hydrogen) atoms. The second-order valence-electron chi connectivity index (χ2n) is 7.96. The van der Waals surface area contributed by atoms with E-state index in [-0.39, 0.29) is 18.6 Å². The lowest BCUT2D eigenvalue weighted by atomic mass is 10.0. The van der Waals surface area contributed by atoms with Crippen molar-refractivity contribution in [1.29, 1.82) is 0 Å². The molecule has 1 aliphatic heterocycles. The van der Waals surface area contributed by atoms with Gasteiger partial charge in [0.25, 0.3) is 5.91 Å². The Labute approximate surface area is 191 Å². The van der Waals surface area contributed by atoms with Gasteiger partial charge in [0.05, 0.1) is 11.7 Å². The minimum absolute atomic E-state index is 0.129. The fourth-order valence-corrected chi connectivity index (χ4v) is 3.93. The van der Waals surface area contributed by atoms with E-state index in [1.807, 2.05) is 47.4 Å². The van der Waals surface area contributed by atoms with Crippen molar-refractivity contribution in [2.24, 2.45) is 0 Å². The van der Waals surface area contributed by atoms with E-state index in [0.717, 1.165) is 12.2 Å². The van der Waals surface area contributed by atoms with Crippen molar-refractivity contribution in [2.45, 2.75) is 12.6 Å². The predicted molar refractivity (Wildman–Crippen MR) is 120 cm³/mol. The number of nitrogens with zero attached hydrogens (tertiary/aromatic N) is 6. The van der Waals surface area contributed by atoms with Crippen molar-refractivity contribution in [2.75, 3.05) is 26.7 Å². The molecular weight excluding hydrogens is 420 g/mol. The van der Waals surface area contributed by atoms with Crippen molar-refractivity contribution in [1.82, 2.24) is 29.7 Å². The number of benzene rings is 2. The van der Waals surface area contributed by atoms with Crippen LogP contribution in [0.2, 0.25) is 0 Å². The molecule has 0 radical (unpaired) electrons. The molecule has 1 atom stereocenters. The lowest BCUT2D eigenvalue weighted by Crippen LogP contribution is -2.49. The molecule has 0 bridgehead atoms. The van der Waals surface area contributed by atoms with Gasteiger partial charge in [-0.25, -0.2) is 9.67 Å². The van der Waals surface area contributed by atoms with Gasteiger partial charge in [0, 0.05) is 25.7 Å². The van der Waals surface area contributed by atoms with Crippen LogP contribution in [0.5, 0.6) is 5.75 Å². The first-order valence-corrected chi connectivity index (χ1v) is 10.8. The third-order valence-electron chi connectivity index (χ3n) is 5.80. The molecule has 9 nitrogen and oxygen atoms in total. The van der Waals surface area contributed by atoms with Crippen molar-refractivity contribution in [3.05, 3.63) is 90.3 Å². The fourth-order valence-electron chi connectivity index (χ4n) is 3.93. The molecular formula is C24H24N6O3. The van der Waals surface area contributed by atoms with Gasteiger partial charge in [-0.3, -0.25) is 9.69 Å². The van der Waals surface area contributed by atoms with Gasteiger partial charge in [0.1, 0.15) is 25.0 Å². The Bertz CT molecular complexity index is 1190. The molecule has 168 valence electrons. The Morgan fingerprint density at radius 1 is 1.12 bits per heavy atom. The number of amides is 1. The third kappa shape index (κ3) is 4.63. The number of likely N-dealkylation sites (N-methyl/N-ethyl adjacent to an activating group) is 1. The number of carbonyl (C=O) groups is 1. The number of rotatable bonds is 6. The zero-order chi connectivity index (χ0) is 22.6. The minimum atomic E-state index is -0.129. The SMILES string of the molecule is CN1CCN(C(=O)c2cc(COc3ccc(-n4cncn4)cc3)on2)CC1c1ccccc1. The van der Waals surface area contributed by atoms with Gasteiger partial charge in [0.2, 0.25) is 0 Å². The molecule has 0 saturated carbocycles. The van der Waals surface area contributed by atoms with Crippen LogP contribution in [0.1, 0.15) is 27.9 Å². The van der Waals surface area contributed by atoms with Gasteiger partial charge in [-0.05, 0) is 36.9 Å². The Hall–Kier alpha value is -3.98. The van der Waals surface area contributed by atoms with E-state index in [2.05, 4.69) is 39.3 Å². The smallest absolute Gasteiger partial charge is 0.276 e. The van der Waals surface area contributed by atoms with Crippen LogP contribution in [0.3, 0.4) is 0 Å². The van der Waals surface area contributed by atoms with Crippen LogP contribution in [0.15, 0.2) is 77.8 Å². The molecule has 1 unspecified atom stereocenters. The summed E-state index contributed by atoms with van der Waals surface area (Å²) in [7, 11) is 2.09. The summed E-state index contributed by atoms with van der Waals surface area (Å²) in [6.07, 6.45) is 3.11. The van der Waals surface area contributed by atoms with Gasteiger partial charge in [-0.1, -0.05) is 35.5 Å². The second kappa shape index (κ2) is 9.25. The molecule has 1 fully saturated rings. The summed E-state index contributed by atoms with van der Waals surface area (Å²) in [6.45, 7) is 2.23. The highest BCUT2D eigenvalue weighted by Crippen LogP contribution is 2.25. The van der Waals surface area contributed by atoms with Gasteiger partial charge in [-0.2, -0.15) is 5.10 Å². The van der Waals surface area contributed by atoms with Crippen molar-refractivity contribution < 1.29 is 14.1 Å². The van der Waals surface area contributed by atoms with Crippen LogP contribution in [-0.2, 0) is 6.61 Å². The highest BCUT2D eigenvalue weighted by Gasteiger charge is 2.30. The number of carbonyl (C=O) groups excluding carboxylic acids is 1. The maximum atomic E-state index is 13.1. The normalized spacial score (nSPS) is 16.6. The number of aromatic nitrogens is 4. The average Bonchev–Trinajstić information content (AvgIpc) is 3.56. The number of hydrogen-bond acceptors (Lipinski definition) is 7. The van der Waals surface area contributed by atoms with Crippen molar-refractivity contribution >= 4 is 5.91 Å². The van der Waals surface area contributed by atoms with Gasteiger partial charge in [0.15, 0.2) is 11.5 Å². The summed E-state index contributed by atoms with van der Waals surface area (Å²) in [6, 6.07) is 19.5. The Morgan fingerprint density at radius 2 is 1.94 bits per heavy atom. The van der Waals surface area contributed by atoms with Gasteiger partial charge >= 0.3 is 0 Å². The molecule has 0 spiro atoms.